The first kappa shape index (κ1) is 28.6. The van der Waals surface area contributed by atoms with E-state index in [1.165, 1.54) is 16.4 Å². The number of hydrogen-bond donors (Lipinski definition) is 2. The second-order valence-corrected chi connectivity index (χ2v) is 12.3. The van der Waals surface area contributed by atoms with E-state index < -0.39 is 21.8 Å². The molecule has 5 rings (SSSR count). The third-order valence-electron chi connectivity index (χ3n) is 7.46. The Hall–Kier alpha value is -2.90. The van der Waals surface area contributed by atoms with Gasteiger partial charge in [0.05, 0.1) is 29.4 Å². The highest BCUT2D eigenvalue weighted by Gasteiger charge is 2.35. The van der Waals surface area contributed by atoms with Crippen LogP contribution in [0.3, 0.4) is 0 Å². The zero-order chi connectivity index (χ0) is 28.3. The number of likely N-dealkylation sites (tertiary alicyclic amines) is 1. The zero-order valence-electron chi connectivity index (χ0n) is 22.2. The van der Waals surface area contributed by atoms with Crippen LogP contribution in [0.1, 0.15) is 55.6 Å². The molecule has 2 N–H and O–H groups in total. The number of hydrogen-bond acceptors (Lipinski definition) is 7. The summed E-state index contributed by atoms with van der Waals surface area (Å²) in [4.78, 5) is 18.0. The van der Waals surface area contributed by atoms with Crippen LogP contribution in [0.25, 0.3) is 0 Å². The number of benzene rings is 1. The van der Waals surface area contributed by atoms with Crippen LogP contribution in [0, 0.1) is 0 Å². The van der Waals surface area contributed by atoms with Crippen LogP contribution in [0.2, 0.25) is 0 Å². The number of ether oxygens (including phenoxy) is 1. The summed E-state index contributed by atoms with van der Waals surface area (Å²) in [5.74, 6) is 0.479. The predicted molar refractivity (Wildman–Crippen MR) is 144 cm³/mol. The number of sulfonamides is 1. The largest absolute Gasteiger partial charge is 0.419 e. The van der Waals surface area contributed by atoms with Gasteiger partial charge in [0.2, 0.25) is 15.9 Å². The van der Waals surface area contributed by atoms with Crippen molar-refractivity contribution in [1.29, 1.82) is 0 Å². The van der Waals surface area contributed by atoms with Gasteiger partial charge < -0.3 is 20.3 Å². The smallest absolute Gasteiger partial charge is 0.384 e. The maximum atomic E-state index is 13.7. The SMILES string of the molecule is O=C1CCCCN1CCCNc1cc(Nc2ccc(S(=O)(=O)N3CCOCC3)cc2C2CC2)ncc1C(F)(F)F. The number of carbonyl (C=O) groups excluding carboxylic acids is 1. The van der Waals surface area contributed by atoms with Gasteiger partial charge in [-0.25, -0.2) is 13.4 Å². The number of amides is 1. The molecule has 1 amide bonds. The van der Waals surface area contributed by atoms with Crippen LogP contribution in [0.4, 0.5) is 30.4 Å². The van der Waals surface area contributed by atoms with Crippen LogP contribution in [-0.2, 0) is 25.7 Å². The van der Waals surface area contributed by atoms with Gasteiger partial charge in [-0.15, -0.1) is 0 Å². The van der Waals surface area contributed by atoms with Gasteiger partial charge in [0, 0.05) is 57.1 Å². The minimum absolute atomic E-state index is 0.0906. The lowest BCUT2D eigenvalue weighted by molar-refractivity contribution is -0.137. The lowest BCUT2D eigenvalue weighted by atomic mass is 10.1. The average molecular weight is 582 g/mol. The Morgan fingerprint density at radius 3 is 2.52 bits per heavy atom. The molecular weight excluding hydrogens is 547 g/mol. The molecule has 2 aromatic rings. The lowest BCUT2D eigenvalue weighted by Crippen LogP contribution is -2.40. The number of halogens is 3. The highest BCUT2D eigenvalue weighted by molar-refractivity contribution is 7.89. The topological polar surface area (TPSA) is 104 Å². The molecule has 2 saturated heterocycles. The van der Waals surface area contributed by atoms with Crippen LogP contribution in [0.5, 0.6) is 0 Å². The summed E-state index contributed by atoms with van der Waals surface area (Å²) in [6.45, 7) is 2.72. The molecule has 0 bridgehead atoms. The molecule has 1 aromatic heterocycles. The predicted octanol–water partition coefficient (Wildman–Crippen LogP) is 4.56. The minimum atomic E-state index is -4.59. The molecule has 13 heteroatoms. The van der Waals surface area contributed by atoms with E-state index in [1.54, 1.807) is 17.0 Å². The van der Waals surface area contributed by atoms with Gasteiger partial charge in [-0.05, 0) is 61.8 Å². The van der Waals surface area contributed by atoms with E-state index in [2.05, 4.69) is 15.6 Å². The maximum absolute atomic E-state index is 13.7. The molecule has 3 fully saturated rings. The minimum Gasteiger partial charge on any atom is -0.384 e. The van der Waals surface area contributed by atoms with Crippen molar-refractivity contribution in [2.24, 2.45) is 0 Å². The molecule has 0 atom stereocenters. The summed E-state index contributed by atoms with van der Waals surface area (Å²) < 4.78 is 74.2. The van der Waals surface area contributed by atoms with E-state index in [-0.39, 0.29) is 34.8 Å². The van der Waals surface area contributed by atoms with Crippen molar-refractivity contribution in [3.8, 4) is 0 Å². The Balaban J connectivity index is 1.32. The number of nitrogens with one attached hydrogen (secondary N) is 2. The molecule has 0 radical (unpaired) electrons. The molecule has 2 aliphatic heterocycles. The first-order chi connectivity index (χ1) is 19.1. The lowest BCUT2D eigenvalue weighted by Gasteiger charge is -2.27. The van der Waals surface area contributed by atoms with Crippen molar-refractivity contribution in [1.82, 2.24) is 14.2 Å². The Morgan fingerprint density at radius 1 is 1.05 bits per heavy atom. The van der Waals surface area contributed by atoms with Gasteiger partial charge in [0.15, 0.2) is 0 Å². The van der Waals surface area contributed by atoms with Gasteiger partial charge in [-0.3, -0.25) is 4.79 Å². The standard InChI is InChI=1S/C27H34F3N5O4S/c28-27(29,30)22-18-32-25(17-24(22)31-9-3-11-34-10-2-1-4-26(34)36)33-23-8-7-20(16-21(23)19-5-6-19)40(37,38)35-12-14-39-15-13-35/h7-8,16-19H,1-6,9-15H2,(H2,31,32,33). The summed E-state index contributed by atoms with van der Waals surface area (Å²) in [5.41, 5.74) is 0.443. The quantitative estimate of drug-likeness (QED) is 0.397. The van der Waals surface area contributed by atoms with Crippen molar-refractivity contribution in [3.05, 3.63) is 41.6 Å². The zero-order valence-corrected chi connectivity index (χ0v) is 23.0. The van der Waals surface area contributed by atoms with E-state index in [9.17, 15) is 26.4 Å². The molecule has 1 aromatic carbocycles. The maximum Gasteiger partial charge on any atom is 0.419 e. The Kier molecular flexibility index (Phi) is 8.52. The summed E-state index contributed by atoms with van der Waals surface area (Å²) in [7, 11) is -3.68. The molecular formula is C27H34F3N5O4S. The molecule has 40 heavy (non-hydrogen) atoms. The van der Waals surface area contributed by atoms with Crippen molar-refractivity contribution >= 4 is 33.1 Å². The molecule has 218 valence electrons. The number of piperidine rings is 1. The van der Waals surface area contributed by atoms with Crippen molar-refractivity contribution < 1.29 is 31.1 Å². The van der Waals surface area contributed by atoms with Crippen molar-refractivity contribution in [3.63, 3.8) is 0 Å². The fourth-order valence-corrected chi connectivity index (χ4v) is 6.55. The number of rotatable bonds is 10. The highest BCUT2D eigenvalue weighted by Crippen LogP contribution is 2.45. The number of morpholine rings is 1. The Morgan fingerprint density at radius 2 is 1.82 bits per heavy atom. The van der Waals surface area contributed by atoms with E-state index in [4.69, 9.17) is 4.74 Å². The molecule has 0 spiro atoms. The van der Waals surface area contributed by atoms with Crippen molar-refractivity contribution in [2.45, 2.75) is 55.5 Å². The molecule has 9 nitrogen and oxygen atoms in total. The molecule has 3 aliphatic rings. The third kappa shape index (κ3) is 6.69. The van der Waals surface area contributed by atoms with E-state index in [1.807, 2.05) is 0 Å². The summed E-state index contributed by atoms with van der Waals surface area (Å²) in [6, 6.07) is 6.16. The summed E-state index contributed by atoms with van der Waals surface area (Å²) in [6.07, 6.45) is 0.875. The fraction of sp³-hybridized carbons (Fsp3) is 0.556. The second kappa shape index (κ2) is 11.9. The van der Waals surface area contributed by atoms with Gasteiger partial charge in [-0.2, -0.15) is 17.5 Å². The first-order valence-corrected chi connectivity index (χ1v) is 15.1. The molecule has 0 unspecified atom stereocenters. The average Bonchev–Trinajstić information content (AvgIpc) is 3.78. The van der Waals surface area contributed by atoms with Crippen molar-refractivity contribution in [2.75, 3.05) is 56.6 Å². The normalized spacial score (nSPS) is 19.1. The van der Waals surface area contributed by atoms with E-state index in [0.717, 1.165) is 37.4 Å². The monoisotopic (exact) mass is 581 g/mol. The van der Waals surface area contributed by atoms with Crippen LogP contribution in [-0.4, -0.2) is 74.5 Å². The van der Waals surface area contributed by atoms with Crippen LogP contribution < -0.4 is 10.6 Å². The van der Waals surface area contributed by atoms with E-state index >= 15 is 0 Å². The number of alkyl halides is 3. The molecule has 1 saturated carbocycles. The highest BCUT2D eigenvalue weighted by atomic mass is 32.2. The summed E-state index contributed by atoms with van der Waals surface area (Å²) >= 11 is 0. The number of nitrogens with zero attached hydrogens (tertiary/aromatic N) is 3. The number of anilines is 3. The molecule has 3 heterocycles. The molecule has 1 aliphatic carbocycles. The second-order valence-electron chi connectivity index (χ2n) is 10.4. The number of aromatic nitrogens is 1. The van der Waals surface area contributed by atoms with Gasteiger partial charge in [-0.1, -0.05) is 0 Å². The van der Waals surface area contributed by atoms with Gasteiger partial charge in [0.1, 0.15) is 5.82 Å². The van der Waals surface area contributed by atoms with Crippen LogP contribution >= 0.6 is 0 Å². The number of pyridine rings is 1. The Bertz CT molecular complexity index is 1330. The van der Waals surface area contributed by atoms with Gasteiger partial charge in [0.25, 0.3) is 0 Å². The number of carbonyl (C=O) groups is 1. The fourth-order valence-electron chi connectivity index (χ4n) is 5.11. The third-order valence-corrected chi connectivity index (χ3v) is 9.36. The van der Waals surface area contributed by atoms with Crippen LogP contribution in [0.15, 0.2) is 35.4 Å². The van der Waals surface area contributed by atoms with Gasteiger partial charge >= 0.3 is 6.18 Å². The summed E-state index contributed by atoms with van der Waals surface area (Å²) in [5, 5.41) is 6.00. The Labute approximate surface area is 232 Å². The van der Waals surface area contributed by atoms with E-state index in [0.29, 0.717) is 57.9 Å². The first-order valence-electron chi connectivity index (χ1n) is 13.7.